The van der Waals surface area contributed by atoms with Crippen molar-refractivity contribution in [3.63, 3.8) is 0 Å². The fraction of sp³-hybridized carbons (Fsp3) is 0.222. The van der Waals surface area contributed by atoms with Crippen molar-refractivity contribution in [1.82, 2.24) is 10.2 Å². The lowest BCUT2D eigenvalue weighted by Crippen LogP contribution is -2.38. The van der Waals surface area contributed by atoms with Gasteiger partial charge in [0.2, 0.25) is 5.13 Å². The molecule has 2 aromatic carbocycles. The van der Waals surface area contributed by atoms with Crippen LogP contribution in [0.15, 0.2) is 69.5 Å². The Labute approximate surface area is 243 Å². The van der Waals surface area contributed by atoms with Crippen LogP contribution in [0.3, 0.4) is 0 Å². The van der Waals surface area contributed by atoms with Gasteiger partial charge in [-0.3, -0.25) is 14.5 Å². The average molecular weight is 599 g/mol. The quantitative estimate of drug-likeness (QED) is 0.253. The van der Waals surface area contributed by atoms with E-state index in [1.807, 2.05) is 0 Å². The topological polar surface area (TPSA) is 122 Å². The van der Waals surface area contributed by atoms with E-state index in [9.17, 15) is 14.9 Å². The maximum Gasteiger partial charge on any atom is 0.219 e. The van der Waals surface area contributed by atoms with Gasteiger partial charge in [-0.1, -0.05) is 52.4 Å². The molecule has 12 heteroatoms. The summed E-state index contributed by atoms with van der Waals surface area (Å²) >= 11 is 15.1. The minimum Gasteiger partial charge on any atom is -0.497 e. The Morgan fingerprint density at radius 2 is 2.00 bits per heavy atom. The summed E-state index contributed by atoms with van der Waals surface area (Å²) in [6.45, 7) is 0. The minimum absolute atomic E-state index is 0.0610. The molecule has 1 aromatic heterocycles. The summed E-state index contributed by atoms with van der Waals surface area (Å²) in [5.74, 6) is 0.175. The van der Waals surface area contributed by atoms with Gasteiger partial charge >= 0.3 is 0 Å². The maximum absolute atomic E-state index is 13.3. The summed E-state index contributed by atoms with van der Waals surface area (Å²) in [5, 5.41) is 19.9. The largest absolute Gasteiger partial charge is 0.497 e. The summed E-state index contributed by atoms with van der Waals surface area (Å²) in [5.41, 5.74) is 9.12. The van der Waals surface area contributed by atoms with Gasteiger partial charge in [0, 0.05) is 33.3 Å². The number of thioether (sulfide) groups is 1. The van der Waals surface area contributed by atoms with Gasteiger partial charge in [0.1, 0.15) is 11.6 Å². The normalized spacial score (nSPS) is 17.2. The van der Waals surface area contributed by atoms with E-state index in [0.29, 0.717) is 66.9 Å². The average Bonchev–Trinajstić information content (AvgIpc) is 3.40. The summed E-state index contributed by atoms with van der Waals surface area (Å²) in [4.78, 5) is 27.6. The second-order valence-corrected chi connectivity index (χ2v) is 11.8. The highest BCUT2D eigenvalue weighted by Gasteiger charge is 2.42. The Balaban J connectivity index is 1.46. The number of Topliss-reactive ketones (excluding diaryl/α,β-unsaturated/α-hetero) is 2. The molecule has 2 N–H and O–H groups in total. The number of allylic oxidation sites excluding steroid dienone is 3. The summed E-state index contributed by atoms with van der Waals surface area (Å²) in [7, 11) is 1.57. The number of ether oxygens (including phenoxy) is 1. The fourth-order valence-electron chi connectivity index (χ4n) is 4.69. The van der Waals surface area contributed by atoms with Crippen LogP contribution in [0.2, 0.25) is 10.0 Å². The summed E-state index contributed by atoms with van der Waals surface area (Å²) in [6.07, 6.45) is 1.57. The molecule has 3 aromatic rings. The third-order valence-corrected chi connectivity index (χ3v) is 9.12. The molecule has 1 aliphatic carbocycles. The number of benzene rings is 2. The standard InChI is InChI=1S/C27H21Cl2N5O3S2/c1-37-16-8-5-14(6-9-16)22(36)13-38-27-33-32-26(39-27)34-20-3-2-4-21(35)24(20)23(18(12-30)25(34)31)17-10-7-15(28)11-19(17)29/h5-11,23H,2-4,13,31H2,1H3. The van der Waals surface area contributed by atoms with Crippen LogP contribution in [0.1, 0.15) is 41.1 Å². The first-order valence-electron chi connectivity index (χ1n) is 11.9. The minimum atomic E-state index is -0.706. The van der Waals surface area contributed by atoms with E-state index in [4.69, 9.17) is 33.7 Å². The van der Waals surface area contributed by atoms with Crippen molar-refractivity contribution in [2.24, 2.45) is 5.73 Å². The van der Waals surface area contributed by atoms with Gasteiger partial charge in [0.25, 0.3) is 0 Å². The van der Waals surface area contributed by atoms with Crippen LogP contribution in [-0.2, 0) is 4.79 Å². The van der Waals surface area contributed by atoms with Crippen molar-refractivity contribution >= 4 is 63.0 Å². The zero-order chi connectivity index (χ0) is 27.7. The predicted molar refractivity (Wildman–Crippen MR) is 152 cm³/mol. The van der Waals surface area contributed by atoms with E-state index in [-0.39, 0.29) is 28.7 Å². The number of nitrogens with two attached hydrogens (primary N) is 1. The first kappa shape index (κ1) is 27.2. The van der Waals surface area contributed by atoms with Gasteiger partial charge in [0.05, 0.1) is 30.4 Å². The highest BCUT2D eigenvalue weighted by molar-refractivity contribution is 8.01. The molecule has 8 nitrogen and oxygen atoms in total. The third kappa shape index (κ3) is 5.28. The molecule has 39 heavy (non-hydrogen) atoms. The van der Waals surface area contributed by atoms with Gasteiger partial charge in [-0.25, -0.2) is 0 Å². The van der Waals surface area contributed by atoms with Crippen molar-refractivity contribution in [3.8, 4) is 11.8 Å². The van der Waals surface area contributed by atoms with Gasteiger partial charge in [-0.05, 0) is 54.8 Å². The van der Waals surface area contributed by atoms with Gasteiger partial charge in [-0.2, -0.15) is 5.26 Å². The summed E-state index contributed by atoms with van der Waals surface area (Å²) in [6, 6.07) is 14.1. The van der Waals surface area contributed by atoms with Crippen LogP contribution in [-0.4, -0.2) is 34.6 Å². The molecule has 5 rings (SSSR count). The molecule has 0 saturated carbocycles. The first-order valence-corrected chi connectivity index (χ1v) is 14.4. The smallest absolute Gasteiger partial charge is 0.219 e. The number of halogens is 2. The van der Waals surface area contributed by atoms with E-state index < -0.39 is 5.92 Å². The molecule has 0 bridgehead atoms. The van der Waals surface area contributed by atoms with Crippen LogP contribution < -0.4 is 15.4 Å². The zero-order valence-corrected chi connectivity index (χ0v) is 23.8. The molecule has 1 aliphatic heterocycles. The Morgan fingerprint density at radius 1 is 1.23 bits per heavy atom. The first-order chi connectivity index (χ1) is 18.8. The molecule has 0 spiro atoms. The molecule has 198 valence electrons. The summed E-state index contributed by atoms with van der Waals surface area (Å²) < 4.78 is 5.70. The lowest BCUT2D eigenvalue weighted by Gasteiger charge is -2.38. The van der Waals surface area contributed by atoms with Crippen molar-refractivity contribution in [1.29, 1.82) is 5.26 Å². The van der Waals surface area contributed by atoms with E-state index in [0.717, 1.165) is 0 Å². The van der Waals surface area contributed by atoms with Gasteiger partial charge in [-0.15, -0.1) is 10.2 Å². The Morgan fingerprint density at radius 3 is 2.69 bits per heavy atom. The number of rotatable bonds is 7. The molecule has 2 aliphatic rings. The van der Waals surface area contributed by atoms with Crippen molar-refractivity contribution in [2.45, 2.75) is 29.5 Å². The molecule has 2 heterocycles. The molecule has 1 unspecified atom stereocenters. The highest BCUT2D eigenvalue weighted by atomic mass is 35.5. The van der Waals surface area contributed by atoms with Crippen LogP contribution in [0.4, 0.5) is 5.13 Å². The Hall–Kier alpha value is -3.36. The van der Waals surface area contributed by atoms with Crippen molar-refractivity contribution < 1.29 is 14.3 Å². The lowest BCUT2D eigenvalue weighted by atomic mass is 9.76. The number of nitrogens with zero attached hydrogens (tertiary/aromatic N) is 4. The molecule has 1 atom stereocenters. The van der Waals surface area contributed by atoms with Crippen molar-refractivity contribution in [3.05, 3.63) is 86.3 Å². The van der Waals surface area contributed by atoms with E-state index in [1.165, 1.54) is 23.1 Å². The van der Waals surface area contributed by atoms with Crippen LogP contribution in [0.25, 0.3) is 0 Å². The third-order valence-electron chi connectivity index (χ3n) is 6.51. The monoisotopic (exact) mass is 597 g/mol. The maximum atomic E-state index is 13.3. The van der Waals surface area contributed by atoms with Crippen LogP contribution in [0, 0.1) is 11.3 Å². The number of hydrogen-bond acceptors (Lipinski definition) is 10. The van der Waals surface area contributed by atoms with Gasteiger partial charge in [0.15, 0.2) is 15.9 Å². The van der Waals surface area contributed by atoms with Crippen molar-refractivity contribution in [2.75, 3.05) is 17.8 Å². The number of anilines is 1. The number of hydrogen-bond donors (Lipinski definition) is 1. The molecule has 0 radical (unpaired) electrons. The second-order valence-electron chi connectivity index (χ2n) is 8.77. The number of nitriles is 1. The lowest BCUT2D eigenvalue weighted by molar-refractivity contribution is -0.116. The number of carbonyl (C=O) groups is 2. The number of aromatic nitrogens is 2. The van der Waals surface area contributed by atoms with Crippen LogP contribution >= 0.6 is 46.3 Å². The molecular weight excluding hydrogens is 577 g/mol. The van der Waals surface area contributed by atoms with E-state index in [1.54, 1.807) is 54.5 Å². The zero-order valence-electron chi connectivity index (χ0n) is 20.6. The fourth-order valence-corrected chi connectivity index (χ4v) is 6.98. The molecule has 0 amide bonds. The highest BCUT2D eigenvalue weighted by Crippen LogP contribution is 2.48. The van der Waals surface area contributed by atoms with Crippen LogP contribution in [0.5, 0.6) is 5.75 Å². The number of methoxy groups -OCH3 is 1. The molecular formula is C27H21Cl2N5O3S2. The Kier molecular flexibility index (Phi) is 7.96. The molecule has 0 fully saturated rings. The number of carbonyl (C=O) groups excluding carboxylic acids is 2. The Bertz CT molecular complexity index is 1580. The predicted octanol–water partition coefficient (Wildman–Crippen LogP) is 6.13. The van der Waals surface area contributed by atoms with E-state index >= 15 is 0 Å². The second kappa shape index (κ2) is 11.4. The number of ketones is 2. The van der Waals surface area contributed by atoms with E-state index in [2.05, 4.69) is 16.3 Å². The van der Waals surface area contributed by atoms with Gasteiger partial charge < -0.3 is 10.5 Å². The SMILES string of the molecule is COc1ccc(C(=O)CSc2nnc(N3C(N)=C(C#N)C(c4ccc(Cl)cc4Cl)C4=C3CCCC4=O)s2)cc1. The molecule has 0 saturated heterocycles.